The van der Waals surface area contributed by atoms with Crippen LogP contribution in [0, 0.1) is 0 Å². The van der Waals surface area contributed by atoms with Gasteiger partial charge in [0.15, 0.2) is 5.69 Å². The Bertz CT molecular complexity index is 628. The van der Waals surface area contributed by atoms with E-state index in [1.54, 1.807) is 18.2 Å². The molecule has 4 N–H and O–H groups in total. The van der Waals surface area contributed by atoms with Crippen molar-refractivity contribution >= 4 is 28.9 Å². The second kappa shape index (κ2) is 4.09. The summed E-state index contributed by atoms with van der Waals surface area (Å²) in [4.78, 5) is 21.5. The highest BCUT2D eigenvalue weighted by Crippen LogP contribution is 2.18. The van der Waals surface area contributed by atoms with Gasteiger partial charge in [-0.05, 0) is 23.8 Å². The van der Waals surface area contributed by atoms with Crippen molar-refractivity contribution in [3.05, 3.63) is 35.5 Å². The molecule has 0 aliphatic rings. The maximum absolute atomic E-state index is 10.9. The maximum Gasteiger partial charge on any atom is 0.357 e. The van der Waals surface area contributed by atoms with Crippen LogP contribution in [-0.2, 0) is 4.79 Å². The number of rotatable bonds is 3. The van der Waals surface area contributed by atoms with E-state index in [2.05, 4.69) is 10.2 Å². The van der Waals surface area contributed by atoms with Crippen LogP contribution in [-0.4, -0.2) is 27.2 Å². The SMILES string of the molecule is NC(=O)C=Cc1ccc2[nH]nc(C(=O)O)c2c1. The van der Waals surface area contributed by atoms with Crippen LogP contribution >= 0.6 is 0 Å². The molecule has 17 heavy (non-hydrogen) atoms. The molecular weight excluding hydrogens is 222 g/mol. The first-order chi connectivity index (χ1) is 8.08. The number of nitrogens with zero attached hydrogens (tertiary/aromatic N) is 1. The van der Waals surface area contributed by atoms with E-state index in [-0.39, 0.29) is 5.69 Å². The average molecular weight is 231 g/mol. The first kappa shape index (κ1) is 10.9. The number of carbonyl (C=O) groups excluding carboxylic acids is 1. The van der Waals surface area contributed by atoms with Gasteiger partial charge in [-0.2, -0.15) is 5.10 Å². The number of fused-ring (bicyclic) bond motifs is 1. The normalized spacial score (nSPS) is 11.1. The third kappa shape index (κ3) is 2.15. The summed E-state index contributed by atoms with van der Waals surface area (Å²) < 4.78 is 0. The number of carbonyl (C=O) groups is 2. The third-order valence-electron chi connectivity index (χ3n) is 2.23. The molecule has 86 valence electrons. The van der Waals surface area contributed by atoms with Gasteiger partial charge in [0.2, 0.25) is 5.91 Å². The number of aromatic carboxylic acids is 1. The Morgan fingerprint density at radius 3 is 2.82 bits per heavy atom. The van der Waals surface area contributed by atoms with Gasteiger partial charge in [0.05, 0.1) is 5.52 Å². The smallest absolute Gasteiger partial charge is 0.357 e. The van der Waals surface area contributed by atoms with Gasteiger partial charge in [0, 0.05) is 11.5 Å². The lowest BCUT2D eigenvalue weighted by Gasteiger charge is -1.94. The Kier molecular flexibility index (Phi) is 2.61. The van der Waals surface area contributed by atoms with Crippen molar-refractivity contribution in [1.82, 2.24) is 10.2 Å². The van der Waals surface area contributed by atoms with Crippen LogP contribution in [0.2, 0.25) is 0 Å². The summed E-state index contributed by atoms with van der Waals surface area (Å²) in [6.45, 7) is 0. The van der Waals surface area contributed by atoms with Gasteiger partial charge in [-0.15, -0.1) is 0 Å². The van der Waals surface area contributed by atoms with Crippen LogP contribution in [0.15, 0.2) is 24.3 Å². The minimum absolute atomic E-state index is 0.0469. The number of nitrogens with two attached hydrogens (primary N) is 1. The summed E-state index contributed by atoms with van der Waals surface area (Å²) >= 11 is 0. The van der Waals surface area contributed by atoms with Crippen molar-refractivity contribution in [3.8, 4) is 0 Å². The first-order valence-electron chi connectivity index (χ1n) is 4.77. The van der Waals surface area contributed by atoms with E-state index in [9.17, 15) is 9.59 Å². The zero-order valence-corrected chi connectivity index (χ0v) is 8.68. The number of carboxylic acids is 1. The van der Waals surface area contributed by atoms with E-state index >= 15 is 0 Å². The van der Waals surface area contributed by atoms with Crippen LogP contribution < -0.4 is 5.73 Å². The first-order valence-corrected chi connectivity index (χ1v) is 4.77. The molecule has 1 heterocycles. The molecule has 0 radical (unpaired) electrons. The predicted octanol–water partition coefficient (Wildman–Crippen LogP) is 0.760. The van der Waals surface area contributed by atoms with Gasteiger partial charge in [0.25, 0.3) is 0 Å². The molecule has 0 unspecified atom stereocenters. The molecule has 0 spiro atoms. The Hall–Kier alpha value is -2.63. The Labute approximate surface area is 95.7 Å². The van der Waals surface area contributed by atoms with Crippen LogP contribution in [0.4, 0.5) is 0 Å². The van der Waals surface area contributed by atoms with Gasteiger partial charge >= 0.3 is 5.97 Å². The summed E-state index contributed by atoms with van der Waals surface area (Å²) in [6.07, 6.45) is 2.72. The Morgan fingerprint density at radius 2 is 2.18 bits per heavy atom. The number of H-pyrrole nitrogens is 1. The highest BCUT2D eigenvalue weighted by Gasteiger charge is 2.12. The highest BCUT2D eigenvalue weighted by molar-refractivity contribution is 6.01. The number of hydrogen-bond donors (Lipinski definition) is 3. The van der Waals surface area contributed by atoms with E-state index in [1.807, 2.05) is 0 Å². The van der Waals surface area contributed by atoms with Crippen LogP contribution in [0.5, 0.6) is 0 Å². The zero-order valence-electron chi connectivity index (χ0n) is 8.68. The summed E-state index contributed by atoms with van der Waals surface area (Å²) in [5.74, 6) is -1.66. The summed E-state index contributed by atoms with van der Waals surface area (Å²) in [7, 11) is 0. The molecule has 0 aliphatic carbocycles. The van der Waals surface area contributed by atoms with Crippen molar-refractivity contribution in [1.29, 1.82) is 0 Å². The molecule has 1 aromatic carbocycles. The number of carboxylic acid groups (broad SMARTS) is 1. The van der Waals surface area contributed by atoms with Crippen LogP contribution in [0.1, 0.15) is 16.1 Å². The lowest BCUT2D eigenvalue weighted by Crippen LogP contribution is -2.05. The van der Waals surface area contributed by atoms with E-state index in [0.717, 1.165) is 0 Å². The van der Waals surface area contributed by atoms with Crippen molar-refractivity contribution < 1.29 is 14.7 Å². The molecule has 0 fully saturated rings. The molecule has 0 aliphatic heterocycles. The molecule has 6 heteroatoms. The molecule has 0 atom stereocenters. The third-order valence-corrected chi connectivity index (χ3v) is 2.23. The van der Waals surface area contributed by atoms with Gasteiger partial charge in [-0.3, -0.25) is 9.89 Å². The molecule has 1 amide bonds. The summed E-state index contributed by atoms with van der Waals surface area (Å²) in [5.41, 5.74) is 6.23. The summed E-state index contributed by atoms with van der Waals surface area (Å²) in [5, 5.41) is 15.7. The number of benzene rings is 1. The number of hydrogen-bond acceptors (Lipinski definition) is 3. The van der Waals surface area contributed by atoms with E-state index < -0.39 is 11.9 Å². The highest BCUT2D eigenvalue weighted by atomic mass is 16.4. The standard InChI is InChI=1S/C11H9N3O3/c12-9(15)4-2-6-1-3-8-7(5-6)10(11(16)17)14-13-8/h1-5H,(H2,12,15)(H,13,14)(H,16,17). The number of nitrogens with one attached hydrogen (secondary N) is 1. The van der Waals surface area contributed by atoms with Gasteiger partial charge in [0.1, 0.15) is 0 Å². The minimum Gasteiger partial charge on any atom is -0.476 e. The van der Waals surface area contributed by atoms with Crippen molar-refractivity contribution in [2.24, 2.45) is 5.73 Å². The zero-order chi connectivity index (χ0) is 12.4. The molecule has 0 bridgehead atoms. The van der Waals surface area contributed by atoms with Gasteiger partial charge in [-0.1, -0.05) is 6.07 Å². The van der Waals surface area contributed by atoms with Crippen molar-refractivity contribution in [3.63, 3.8) is 0 Å². The fourth-order valence-electron chi connectivity index (χ4n) is 1.48. The Balaban J connectivity index is 2.51. The molecular formula is C11H9N3O3. The molecule has 2 rings (SSSR count). The number of aromatic amines is 1. The quantitative estimate of drug-likeness (QED) is 0.677. The number of primary amides is 1. The predicted molar refractivity (Wildman–Crippen MR) is 61.3 cm³/mol. The molecule has 2 aromatic rings. The lowest BCUT2D eigenvalue weighted by atomic mass is 10.1. The second-order valence-corrected chi connectivity index (χ2v) is 3.42. The van der Waals surface area contributed by atoms with Crippen molar-refractivity contribution in [2.45, 2.75) is 0 Å². The largest absolute Gasteiger partial charge is 0.476 e. The molecule has 0 saturated heterocycles. The lowest BCUT2D eigenvalue weighted by molar-refractivity contribution is -0.113. The summed E-state index contributed by atoms with van der Waals surface area (Å²) in [6, 6.07) is 5.04. The fourth-order valence-corrected chi connectivity index (χ4v) is 1.48. The number of aromatic nitrogens is 2. The molecule has 1 aromatic heterocycles. The Morgan fingerprint density at radius 1 is 1.41 bits per heavy atom. The van der Waals surface area contributed by atoms with Gasteiger partial charge in [-0.25, -0.2) is 4.79 Å². The van der Waals surface area contributed by atoms with Crippen LogP contribution in [0.3, 0.4) is 0 Å². The van der Waals surface area contributed by atoms with E-state index in [1.165, 1.54) is 12.2 Å². The van der Waals surface area contributed by atoms with Crippen LogP contribution in [0.25, 0.3) is 17.0 Å². The second-order valence-electron chi connectivity index (χ2n) is 3.42. The number of amides is 1. The van der Waals surface area contributed by atoms with E-state index in [4.69, 9.17) is 10.8 Å². The maximum atomic E-state index is 10.9. The molecule has 6 nitrogen and oxygen atoms in total. The monoisotopic (exact) mass is 231 g/mol. The molecule has 0 saturated carbocycles. The topological polar surface area (TPSA) is 109 Å². The van der Waals surface area contributed by atoms with Gasteiger partial charge < -0.3 is 10.8 Å². The minimum atomic E-state index is -1.10. The van der Waals surface area contributed by atoms with E-state index in [0.29, 0.717) is 16.5 Å². The van der Waals surface area contributed by atoms with Crippen molar-refractivity contribution in [2.75, 3.05) is 0 Å². The average Bonchev–Trinajstić information content (AvgIpc) is 2.69. The fraction of sp³-hybridized carbons (Fsp3) is 0.